The highest BCUT2D eigenvalue weighted by molar-refractivity contribution is 7.13. The molecule has 0 fully saturated rings. The Morgan fingerprint density at radius 1 is 1.39 bits per heavy atom. The molecule has 1 heterocycles. The van der Waals surface area contributed by atoms with E-state index in [2.05, 4.69) is 10.5 Å². The van der Waals surface area contributed by atoms with Crippen LogP contribution in [-0.2, 0) is 4.84 Å². The molecule has 1 N–H and O–H groups in total. The minimum atomic E-state index is -0.313. The summed E-state index contributed by atoms with van der Waals surface area (Å²) in [6.45, 7) is 4.27. The number of rotatable bonds is 4. The van der Waals surface area contributed by atoms with Gasteiger partial charge in [-0.05, 0) is 13.8 Å². The Balaban J connectivity index is 2.15. The van der Waals surface area contributed by atoms with Crippen LogP contribution in [0.15, 0.2) is 29.6 Å². The first-order valence-electron chi connectivity index (χ1n) is 5.65. The lowest BCUT2D eigenvalue weighted by molar-refractivity contribution is 0.0360. The third-order valence-corrected chi connectivity index (χ3v) is 3.24. The summed E-state index contributed by atoms with van der Waals surface area (Å²) in [5, 5.41) is 2.56. The van der Waals surface area contributed by atoms with Gasteiger partial charge in [0.2, 0.25) is 0 Å². The molecule has 5 heteroatoms. The molecule has 4 nitrogen and oxygen atoms in total. The maximum absolute atomic E-state index is 11.6. The minimum Gasteiger partial charge on any atom is -0.274 e. The number of hydrogen-bond acceptors (Lipinski definition) is 4. The number of thiazole rings is 1. The van der Waals surface area contributed by atoms with Gasteiger partial charge in [0.1, 0.15) is 10.7 Å². The summed E-state index contributed by atoms with van der Waals surface area (Å²) in [7, 11) is 0. The van der Waals surface area contributed by atoms with Crippen molar-refractivity contribution < 1.29 is 9.63 Å². The highest BCUT2D eigenvalue weighted by atomic mass is 32.1. The van der Waals surface area contributed by atoms with Gasteiger partial charge in [-0.15, -0.1) is 11.3 Å². The van der Waals surface area contributed by atoms with Crippen molar-refractivity contribution in [1.82, 2.24) is 10.5 Å². The molecule has 18 heavy (non-hydrogen) atoms. The van der Waals surface area contributed by atoms with Crippen LogP contribution >= 0.6 is 11.3 Å². The smallest absolute Gasteiger partial charge is 0.274 e. The molecule has 0 aliphatic heterocycles. The Bertz CT molecular complexity index is 534. The molecular formula is C13H14N2O2S. The summed E-state index contributed by atoms with van der Waals surface area (Å²) in [4.78, 5) is 20.7. The SMILES string of the molecule is CCONC(=O)c1csc(-c2ccc(C)cc2)n1. The first-order chi connectivity index (χ1) is 8.70. The Morgan fingerprint density at radius 2 is 2.11 bits per heavy atom. The highest BCUT2D eigenvalue weighted by Gasteiger charge is 2.11. The number of nitrogens with zero attached hydrogens (tertiary/aromatic N) is 1. The van der Waals surface area contributed by atoms with Crippen molar-refractivity contribution in [2.75, 3.05) is 6.61 Å². The highest BCUT2D eigenvalue weighted by Crippen LogP contribution is 2.23. The number of nitrogens with one attached hydrogen (secondary N) is 1. The van der Waals surface area contributed by atoms with E-state index in [1.54, 1.807) is 12.3 Å². The molecule has 1 amide bonds. The van der Waals surface area contributed by atoms with Crippen LogP contribution in [-0.4, -0.2) is 17.5 Å². The molecule has 0 aliphatic carbocycles. The molecule has 0 bridgehead atoms. The number of aromatic nitrogens is 1. The fourth-order valence-corrected chi connectivity index (χ4v) is 2.20. The molecular weight excluding hydrogens is 248 g/mol. The van der Waals surface area contributed by atoms with Gasteiger partial charge in [0.25, 0.3) is 5.91 Å². The summed E-state index contributed by atoms with van der Waals surface area (Å²) >= 11 is 1.44. The summed E-state index contributed by atoms with van der Waals surface area (Å²) in [6, 6.07) is 8.05. The largest absolute Gasteiger partial charge is 0.294 e. The van der Waals surface area contributed by atoms with Crippen LogP contribution in [0.1, 0.15) is 23.0 Å². The molecule has 0 saturated heterocycles. The van der Waals surface area contributed by atoms with Crippen LogP contribution in [0.3, 0.4) is 0 Å². The van der Waals surface area contributed by atoms with Gasteiger partial charge in [0, 0.05) is 10.9 Å². The lowest BCUT2D eigenvalue weighted by Crippen LogP contribution is -2.23. The third kappa shape index (κ3) is 2.94. The second-order valence-electron chi connectivity index (χ2n) is 3.77. The molecule has 1 aromatic carbocycles. The maximum Gasteiger partial charge on any atom is 0.294 e. The van der Waals surface area contributed by atoms with Crippen LogP contribution in [0.25, 0.3) is 10.6 Å². The van der Waals surface area contributed by atoms with E-state index in [-0.39, 0.29) is 5.91 Å². The van der Waals surface area contributed by atoms with E-state index in [0.717, 1.165) is 10.6 Å². The van der Waals surface area contributed by atoms with Gasteiger partial charge in [-0.3, -0.25) is 9.63 Å². The van der Waals surface area contributed by atoms with E-state index in [9.17, 15) is 4.79 Å². The number of carbonyl (C=O) groups excluding carboxylic acids is 1. The second-order valence-corrected chi connectivity index (χ2v) is 4.63. The van der Waals surface area contributed by atoms with Gasteiger partial charge in [0.15, 0.2) is 0 Å². The standard InChI is InChI=1S/C13H14N2O2S/c1-3-17-15-12(16)11-8-18-13(14-11)10-6-4-9(2)5-7-10/h4-8H,3H2,1-2H3,(H,15,16). The summed E-state index contributed by atoms with van der Waals surface area (Å²) in [5.74, 6) is -0.313. The van der Waals surface area contributed by atoms with Crippen molar-refractivity contribution in [1.29, 1.82) is 0 Å². The second kappa shape index (κ2) is 5.75. The predicted octanol–water partition coefficient (Wildman–Crippen LogP) is 2.80. The van der Waals surface area contributed by atoms with Crippen LogP contribution in [0.5, 0.6) is 0 Å². The van der Waals surface area contributed by atoms with Gasteiger partial charge in [-0.1, -0.05) is 29.8 Å². The molecule has 2 rings (SSSR count). The first-order valence-corrected chi connectivity index (χ1v) is 6.53. The number of benzene rings is 1. The van der Waals surface area contributed by atoms with Gasteiger partial charge >= 0.3 is 0 Å². The van der Waals surface area contributed by atoms with Crippen molar-refractivity contribution in [3.8, 4) is 10.6 Å². The molecule has 0 atom stereocenters. The fraction of sp³-hybridized carbons (Fsp3) is 0.231. The average molecular weight is 262 g/mol. The topological polar surface area (TPSA) is 51.2 Å². The van der Waals surface area contributed by atoms with Crippen molar-refractivity contribution in [3.05, 3.63) is 40.9 Å². The number of hydrogen-bond donors (Lipinski definition) is 1. The lowest BCUT2D eigenvalue weighted by Gasteiger charge is -2.00. The molecule has 2 aromatic rings. The Morgan fingerprint density at radius 3 is 2.78 bits per heavy atom. The van der Waals surface area contributed by atoms with Crippen LogP contribution in [0.4, 0.5) is 0 Å². The van der Waals surface area contributed by atoms with E-state index in [4.69, 9.17) is 4.84 Å². The number of hydroxylamine groups is 1. The number of carbonyl (C=O) groups is 1. The Kier molecular flexibility index (Phi) is 4.07. The van der Waals surface area contributed by atoms with Crippen molar-refractivity contribution in [2.24, 2.45) is 0 Å². The van der Waals surface area contributed by atoms with Crippen molar-refractivity contribution >= 4 is 17.2 Å². The monoisotopic (exact) mass is 262 g/mol. The van der Waals surface area contributed by atoms with E-state index < -0.39 is 0 Å². The molecule has 0 radical (unpaired) electrons. The first kappa shape index (κ1) is 12.7. The molecule has 0 unspecified atom stereocenters. The Labute approximate surface area is 110 Å². The van der Waals surface area contributed by atoms with Crippen LogP contribution < -0.4 is 5.48 Å². The predicted molar refractivity (Wildman–Crippen MR) is 71.4 cm³/mol. The lowest BCUT2D eigenvalue weighted by atomic mass is 10.2. The number of amides is 1. The Hall–Kier alpha value is -1.72. The zero-order chi connectivity index (χ0) is 13.0. The fourth-order valence-electron chi connectivity index (χ4n) is 1.40. The zero-order valence-corrected chi connectivity index (χ0v) is 11.1. The van der Waals surface area contributed by atoms with Crippen molar-refractivity contribution in [3.63, 3.8) is 0 Å². The quantitative estimate of drug-likeness (QED) is 0.862. The van der Waals surface area contributed by atoms with E-state index in [0.29, 0.717) is 12.3 Å². The van der Waals surface area contributed by atoms with Crippen molar-refractivity contribution in [2.45, 2.75) is 13.8 Å². The van der Waals surface area contributed by atoms with E-state index in [1.807, 2.05) is 31.2 Å². The minimum absolute atomic E-state index is 0.313. The summed E-state index contributed by atoms with van der Waals surface area (Å²) < 4.78 is 0. The van der Waals surface area contributed by atoms with Crippen LogP contribution in [0.2, 0.25) is 0 Å². The van der Waals surface area contributed by atoms with Gasteiger partial charge < -0.3 is 0 Å². The average Bonchev–Trinajstić information content (AvgIpc) is 2.86. The summed E-state index contributed by atoms with van der Waals surface area (Å²) in [5.41, 5.74) is 4.92. The number of aryl methyl sites for hydroxylation is 1. The maximum atomic E-state index is 11.6. The van der Waals surface area contributed by atoms with Gasteiger partial charge in [-0.25, -0.2) is 10.5 Å². The van der Waals surface area contributed by atoms with E-state index >= 15 is 0 Å². The molecule has 94 valence electrons. The molecule has 1 aromatic heterocycles. The van der Waals surface area contributed by atoms with Gasteiger partial charge in [-0.2, -0.15) is 0 Å². The zero-order valence-electron chi connectivity index (χ0n) is 10.3. The normalized spacial score (nSPS) is 10.3. The van der Waals surface area contributed by atoms with Gasteiger partial charge in [0.05, 0.1) is 6.61 Å². The molecule has 0 spiro atoms. The summed E-state index contributed by atoms with van der Waals surface area (Å²) in [6.07, 6.45) is 0. The third-order valence-electron chi connectivity index (χ3n) is 2.34. The van der Waals surface area contributed by atoms with E-state index in [1.165, 1.54) is 16.9 Å². The van der Waals surface area contributed by atoms with Crippen LogP contribution in [0, 0.1) is 6.92 Å². The molecule has 0 aliphatic rings. The molecule has 0 saturated carbocycles.